The fourth-order valence-electron chi connectivity index (χ4n) is 11.4. The molecular weight excluding hydrogens is 855 g/mol. The first-order chi connectivity index (χ1) is 33.8. The minimum atomic E-state index is -0.801. The highest BCUT2D eigenvalue weighted by Gasteiger charge is 2.23. The summed E-state index contributed by atoms with van der Waals surface area (Å²) in [5.41, 5.74) is 10.1. The van der Waals surface area contributed by atoms with Crippen LogP contribution in [0.25, 0.3) is 129 Å². The maximum Gasteiger partial charge on any atom is 0.0147 e. The van der Waals surface area contributed by atoms with Crippen molar-refractivity contribution in [1.82, 2.24) is 0 Å². The van der Waals surface area contributed by atoms with Crippen LogP contribution in [-0.4, -0.2) is 0 Å². The van der Waals surface area contributed by atoms with E-state index in [2.05, 4.69) is 255 Å². The molecule has 14 aromatic rings. The lowest BCUT2D eigenvalue weighted by Gasteiger charge is -2.20. The average Bonchev–Trinajstić information content (AvgIpc) is 3.94. The second-order valence-corrected chi connectivity index (χ2v) is 22.2. The highest BCUT2D eigenvalue weighted by molar-refractivity contribution is 7.68. The topological polar surface area (TPSA) is 0 Å². The summed E-state index contributed by atoms with van der Waals surface area (Å²) >= 11 is 0. The van der Waals surface area contributed by atoms with E-state index in [1.165, 1.54) is 129 Å². The van der Waals surface area contributed by atoms with Crippen LogP contribution in [-0.2, 0) is 0 Å². The summed E-state index contributed by atoms with van der Waals surface area (Å²) in [6, 6.07) is 96.1. The van der Waals surface area contributed by atoms with E-state index in [1.54, 1.807) is 0 Å². The Hall–Kier alpha value is -7.98. The molecule has 0 saturated heterocycles. The molecule has 14 rings (SSSR count). The first-order valence-electron chi connectivity index (χ1n) is 23.5. The van der Waals surface area contributed by atoms with Crippen LogP contribution in [0.15, 0.2) is 255 Å². The molecule has 0 nitrogen and oxygen atoms in total. The lowest BCUT2D eigenvalue weighted by atomic mass is 9.84. The molecular formula is C66H42P2. The molecule has 68 heavy (non-hydrogen) atoms. The van der Waals surface area contributed by atoms with Crippen molar-refractivity contribution < 1.29 is 0 Å². The Morgan fingerprint density at radius 3 is 1.16 bits per heavy atom. The Labute approximate surface area is 397 Å². The summed E-state index contributed by atoms with van der Waals surface area (Å²) < 4.78 is 0. The molecule has 0 bridgehead atoms. The van der Waals surface area contributed by atoms with Gasteiger partial charge >= 0.3 is 0 Å². The highest BCUT2D eigenvalue weighted by atomic mass is 31.1. The fourth-order valence-corrected chi connectivity index (χ4v) is 17.0. The Morgan fingerprint density at radius 1 is 0.221 bits per heavy atom. The molecule has 0 spiro atoms. The zero-order valence-electron chi connectivity index (χ0n) is 37.1. The van der Waals surface area contributed by atoms with Gasteiger partial charge in [-0.05, 0) is 127 Å². The monoisotopic (exact) mass is 896 g/mol. The molecule has 316 valence electrons. The van der Waals surface area contributed by atoms with E-state index in [0.717, 1.165) is 0 Å². The van der Waals surface area contributed by atoms with Gasteiger partial charge in [-0.2, -0.15) is 0 Å². The van der Waals surface area contributed by atoms with Crippen LogP contribution >= 0.6 is 15.1 Å². The minimum absolute atomic E-state index is 0.801. The van der Waals surface area contributed by atoms with Crippen molar-refractivity contribution in [2.45, 2.75) is 0 Å². The zero-order chi connectivity index (χ0) is 44.7. The third kappa shape index (κ3) is 6.02. The van der Waals surface area contributed by atoms with Crippen LogP contribution in [0.3, 0.4) is 0 Å². The van der Waals surface area contributed by atoms with Gasteiger partial charge in [0.15, 0.2) is 0 Å². The average molecular weight is 897 g/mol. The van der Waals surface area contributed by atoms with Crippen LogP contribution in [0.1, 0.15) is 0 Å². The van der Waals surface area contributed by atoms with Crippen LogP contribution in [0.2, 0.25) is 0 Å². The van der Waals surface area contributed by atoms with E-state index in [1.807, 2.05) is 0 Å². The molecule has 0 fully saturated rings. The van der Waals surface area contributed by atoms with E-state index < -0.39 is 15.1 Å². The molecule has 2 atom stereocenters. The molecule has 0 radical (unpaired) electrons. The SMILES string of the molecule is c1ccc(-c2cc(-c3c4cccc(-c5cccc6c7ccccc7p(-c7ccccc7)c56)c4cc4c(-c5cccc6c7ccccc7p(-c7ccccc7)c56)cccc34)cc3ccccc23)cc1. The number of benzene rings is 12. The molecule has 2 aromatic heterocycles. The number of rotatable bonds is 6. The largest absolute Gasteiger partial charge is 0.0766 e. The minimum Gasteiger partial charge on any atom is -0.0766 e. The van der Waals surface area contributed by atoms with Gasteiger partial charge in [-0.3, -0.25) is 0 Å². The van der Waals surface area contributed by atoms with Gasteiger partial charge < -0.3 is 0 Å². The van der Waals surface area contributed by atoms with Gasteiger partial charge in [0.1, 0.15) is 0 Å². The summed E-state index contributed by atoms with van der Waals surface area (Å²) in [6.45, 7) is 0. The van der Waals surface area contributed by atoms with Crippen molar-refractivity contribution in [2.75, 3.05) is 0 Å². The highest BCUT2D eigenvalue weighted by Crippen LogP contribution is 2.60. The molecule has 2 unspecified atom stereocenters. The second-order valence-electron chi connectivity index (χ2n) is 17.9. The smallest absolute Gasteiger partial charge is 0.0147 e. The van der Waals surface area contributed by atoms with Crippen LogP contribution in [0.5, 0.6) is 0 Å². The van der Waals surface area contributed by atoms with Crippen LogP contribution in [0.4, 0.5) is 0 Å². The molecule has 0 saturated carbocycles. The molecule has 0 aliphatic carbocycles. The molecule has 12 aromatic carbocycles. The van der Waals surface area contributed by atoms with Crippen molar-refractivity contribution in [3.8, 4) is 55.1 Å². The number of hydrogen-bond donors (Lipinski definition) is 0. The zero-order valence-corrected chi connectivity index (χ0v) is 38.9. The van der Waals surface area contributed by atoms with Crippen LogP contribution < -0.4 is 0 Å². The van der Waals surface area contributed by atoms with Gasteiger partial charge in [0.25, 0.3) is 0 Å². The molecule has 0 aliphatic heterocycles. The normalized spacial score (nSPS) is 12.4. The Balaban J connectivity index is 1.15. The Bertz CT molecular complexity index is 4080. The molecule has 2 heterocycles. The van der Waals surface area contributed by atoms with E-state index in [-0.39, 0.29) is 0 Å². The van der Waals surface area contributed by atoms with Gasteiger partial charge in [0.2, 0.25) is 0 Å². The van der Waals surface area contributed by atoms with E-state index in [9.17, 15) is 0 Å². The van der Waals surface area contributed by atoms with Crippen molar-refractivity contribution in [3.63, 3.8) is 0 Å². The van der Waals surface area contributed by atoms with Gasteiger partial charge in [0.05, 0.1) is 0 Å². The van der Waals surface area contributed by atoms with Gasteiger partial charge in [-0.1, -0.05) is 252 Å². The molecule has 2 heteroatoms. The maximum atomic E-state index is 2.55. The first-order valence-corrected chi connectivity index (χ1v) is 26.2. The van der Waals surface area contributed by atoms with Gasteiger partial charge in [-0.25, -0.2) is 0 Å². The standard InChI is InChI=1S/C66H42P2/c1-4-20-43(21-5-1)59-41-45(40-44-22-10-11-27-48(44)59)64-53-32-16-30-49(55-34-18-36-57-51-28-12-14-38-62(51)67(65(55)57)46-23-6-2-7-24-46)60(53)42-61-50(31-17-33-54(61)64)56-35-19-37-58-52-29-13-15-39-63(52)68(66(56)58)47-25-8-3-9-26-47/h1-42H. The summed E-state index contributed by atoms with van der Waals surface area (Å²) in [7, 11) is -1.60. The van der Waals surface area contributed by atoms with Crippen LogP contribution in [0, 0.1) is 0 Å². The van der Waals surface area contributed by atoms with Crippen molar-refractivity contribution >= 4 is 89.4 Å². The number of fused-ring (bicyclic) bond motifs is 9. The van der Waals surface area contributed by atoms with E-state index in [4.69, 9.17) is 0 Å². The summed E-state index contributed by atoms with van der Waals surface area (Å²) in [6.07, 6.45) is 0. The third-order valence-electron chi connectivity index (χ3n) is 14.3. The summed E-state index contributed by atoms with van der Waals surface area (Å²) in [5.74, 6) is 0. The molecule has 0 amide bonds. The molecule has 0 aliphatic rings. The maximum absolute atomic E-state index is 2.55. The second kappa shape index (κ2) is 15.8. The first kappa shape index (κ1) is 39.2. The quantitative estimate of drug-likeness (QED) is 0.146. The Kier molecular flexibility index (Phi) is 9.13. The van der Waals surface area contributed by atoms with Gasteiger partial charge in [-0.15, -0.1) is 0 Å². The van der Waals surface area contributed by atoms with Crippen molar-refractivity contribution in [3.05, 3.63) is 255 Å². The summed E-state index contributed by atoms with van der Waals surface area (Å²) in [5, 5.41) is 21.5. The fraction of sp³-hybridized carbons (Fsp3) is 0. The number of hydrogen-bond acceptors (Lipinski definition) is 0. The molecule has 0 N–H and O–H groups in total. The van der Waals surface area contributed by atoms with E-state index >= 15 is 0 Å². The van der Waals surface area contributed by atoms with Crippen molar-refractivity contribution in [1.29, 1.82) is 0 Å². The predicted octanol–water partition coefficient (Wildman–Crippen LogP) is 20.4. The lowest BCUT2D eigenvalue weighted by molar-refractivity contribution is 1.64. The van der Waals surface area contributed by atoms with Crippen molar-refractivity contribution in [2.24, 2.45) is 0 Å². The van der Waals surface area contributed by atoms with Gasteiger partial charge in [0, 0.05) is 20.5 Å². The predicted molar refractivity (Wildman–Crippen MR) is 299 cm³/mol. The Morgan fingerprint density at radius 2 is 0.632 bits per heavy atom. The van der Waals surface area contributed by atoms with E-state index in [0.29, 0.717) is 0 Å². The lowest BCUT2D eigenvalue weighted by Crippen LogP contribution is -1.92. The third-order valence-corrected chi connectivity index (χ3v) is 19.5. The summed E-state index contributed by atoms with van der Waals surface area (Å²) in [4.78, 5) is 0.